The van der Waals surface area contributed by atoms with Crippen molar-refractivity contribution in [2.45, 2.75) is 0 Å². The Kier molecular flexibility index (Phi) is 1.04. The molecule has 5 heteroatoms. The molecule has 2 aromatic heterocycles. The van der Waals surface area contributed by atoms with E-state index in [1.54, 1.807) is 12.1 Å². The molecule has 0 spiro atoms. The maximum Gasteiger partial charge on any atom is 0.261 e. The summed E-state index contributed by atoms with van der Waals surface area (Å²) < 4.78 is 0. The van der Waals surface area contributed by atoms with E-state index >= 15 is 0 Å². The van der Waals surface area contributed by atoms with Crippen molar-refractivity contribution in [2.24, 2.45) is 0 Å². The van der Waals surface area contributed by atoms with Crippen LogP contribution in [0.5, 0.6) is 0 Å². The van der Waals surface area contributed by atoms with Gasteiger partial charge in [-0.15, -0.1) is 0 Å². The van der Waals surface area contributed by atoms with E-state index in [1.807, 2.05) is 0 Å². The first-order valence-corrected chi connectivity index (χ1v) is 4.02. The van der Waals surface area contributed by atoms with Gasteiger partial charge in [-0.1, -0.05) is 0 Å². The average molecular weight is 188 g/mol. The van der Waals surface area contributed by atoms with Crippen LogP contribution in [0.15, 0.2) is 16.9 Å². The number of hydrogen-bond donors (Lipinski definition) is 2. The summed E-state index contributed by atoms with van der Waals surface area (Å²) in [7, 11) is 0. The minimum Gasteiger partial charge on any atom is -0.321 e. The van der Waals surface area contributed by atoms with Gasteiger partial charge in [-0.05, 0) is 12.1 Å². The number of hydrogen-bond acceptors (Lipinski definition) is 3. The predicted octanol–water partition coefficient (Wildman–Crippen LogP) is -0.151. The molecule has 0 atom stereocenters. The normalized spacial score (nSPS) is 14.9. The number of carbonyl (C=O) groups excluding carboxylic acids is 2. The molecule has 4 rings (SSSR count). The van der Waals surface area contributed by atoms with Crippen LogP contribution in [-0.4, -0.2) is 16.8 Å². The molecule has 0 radical (unpaired) electrons. The zero-order chi connectivity index (χ0) is 9.87. The molecule has 14 heavy (non-hydrogen) atoms. The average Bonchev–Trinajstić information content (AvgIpc) is 2.45. The third-order valence-electron chi connectivity index (χ3n) is 2.38. The van der Waals surface area contributed by atoms with Crippen LogP contribution in [-0.2, 0) is 0 Å². The van der Waals surface area contributed by atoms with Gasteiger partial charge in [0.05, 0.1) is 22.0 Å². The monoisotopic (exact) mass is 188 g/mol. The topological polar surface area (TPSA) is 79.0 Å². The Hall–Kier alpha value is -2.17. The molecule has 5 nitrogen and oxygen atoms in total. The van der Waals surface area contributed by atoms with Crippen molar-refractivity contribution in [3.63, 3.8) is 0 Å². The molecule has 0 fully saturated rings. The van der Waals surface area contributed by atoms with Crippen LogP contribution >= 0.6 is 0 Å². The molecule has 2 amide bonds. The summed E-state index contributed by atoms with van der Waals surface area (Å²) in [5, 5.41) is 2.42. The van der Waals surface area contributed by atoms with E-state index in [9.17, 15) is 14.4 Å². The molecule has 1 aliphatic heterocycles. The quantitative estimate of drug-likeness (QED) is 0.564. The lowest BCUT2D eigenvalue weighted by Gasteiger charge is -2.02. The van der Waals surface area contributed by atoms with Crippen molar-refractivity contribution in [3.05, 3.63) is 33.6 Å². The Morgan fingerprint density at radius 3 is 2.36 bits per heavy atom. The van der Waals surface area contributed by atoms with Crippen LogP contribution in [0.25, 0.3) is 10.9 Å². The fourth-order valence-corrected chi connectivity index (χ4v) is 1.79. The van der Waals surface area contributed by atoms with Gasteiger partial charge in [0.25, 0.3) is 17.4 Å². The highest BCUT2D eigenvalue weighted by Crippen LogP contribution is 2.23. The number of aromatic amines is 1. The Labute approximate surface area is 77.1 Å². The zero-order valence-corrected chi connectivity index (χ0v) is 6.88. The second-order valence-electron chi connectivity index (χ2n) is 3.15. The molecule has 0 saturated heterocycles. The molecule has 0 unspecified atom stereocenters. The van der Waals surface area contributed by atoms with E-state index in [0.29, 0.717) is 5.52 Å². The number of amides is 2. The first-order chi connectivity index (χ1) is 6.68. The number of nitrogens with one attached hydrogen (secondary N) is 2. The van der Waals surface area contributed by atoms with Crippen molar-refractivity contribution in [3.8, 4) is 0 Å². The molecule has 1 aliphatic rings. The summed E-state index contributed by atoms with van der Waals surface area (Å²) in [5.41, 5.74) is 0.567. The number of benzene rings is 1. The van der Waals surface area contributed by atoms with Gasteiger partial charge < -0.3 is 4.98 Å². The minimum atomic E-state index is -0.489. The third kappa shape index (κ3) is 0.632. The Bertz CT molecular complexity index is 626. The summed E-state index contributed by atoms with van der Waals surface area (Å²) in [5.74, 6) is -0.932. The summed E-state index contributed by atoms with van der Waals surface area (Å²) in [6.45, 7) is 0. The Morgan fingerprint density at radius 2 is 1.64 bits per heavy atom. The summed E-state index contributed by atoms with van der Waals surface area (Å²) in [4.78, 5) is 36.4. The zero-order valence-electron chi connectivity index (χ0n) is 6.88. The van der Waals surface area contributed by atoms with Gasteiger partial charge in [0.2, 0.25) is 0 Å². The standard InChI is InChI=1S/C9H4N2O3/c12-7-3-1-2-4(10-7)6-5(3)8(13)11-9(6)14/h1-2H,(H,10,12)(H,11,13,14). The number of imide groups is 1. The van der Waals surface area contributed by atoms with Gasteiger partial charge in [0.15, 0.2) is 0 Å². The molecular weight excluding hydrogens is 184 g/mol. The van der Waals surface area contributed by atoms with Crippen molar-refractivity contribution < 1.29 is 9.59 Å². The Balaban J connectivity index is 2.63. The lowest BCUT2D eigenvalue weighted by atomic mass is 10.0. The molecular formula is C9H4N2O3. The van der Waals surface area contributed by atoms with E-state index in [1.165, 1.54) is 0 Å². The van der Waals surface area contributed by atoms with Crippen molar-refractivity contribution in [1.82, 2.24) is 10.3 Å². The van der Waals surface area contributed by atoms with E-state index in [4.69, 9.17) is 0 Å². The van der Waals surface area contributed by atoms with Gasteiger partial charge in [-0.25, -0.2) is 0 Å². The lowest BCUT2D eigenvalue weighted by Crippen LogP contribution is -2.20. The number of pyridine rings is 2. The van der Waals surface area contributed by atoms with Gasteiger partial charge in [0.1, 0.15) is 0 Å². The summed E-state index contributed by atoms with van der Waals surface area (Å²) in [6.07, 6.45) is 0. The largest absolute Gasteiger partial charge is 0.321 e. The summed E-state index contributed by atoms with van der Waals surface area (Å²) in [6, 6.07) is 3.17. The summed E-state index contributed by atoms with van der Waals surface area (Å²) >= 11 is 0. The van der Waals surface area contributed by atoms with Crippen molar-refractivity contribution in [1.29, 1.82) is 0 Å². The third-order valence-corrected chi connectivity index (χ3v) is 2.38. The van der Waals surface area contributed by atoms with E-state index < -0.39 is 11.8 Å². The van der Waals surface area contributed by atoms with E-state index in [2.05, 4.69) is 10.3 Å². The predicted molar refractivity (Wildman–Crippen MR) is 47.6 cm³/mol. The molecule has 68 valence electrons. The molecule has 0 aliphatic carbocycles. The van der Waals surface area contributed by atoms with Crippen LogP contribution in [0.1, 0.15) is 20.7 Å². The van der Waals surface area contributed by atoms with Gasteiger partial charge in [-0.3, -0.25) is 19.7 Å². The highest BCUT2D eigenvalue weighted by Gasteiger charge is 2.32. The number of fused-ring (bicyclic) bond motifs is 2. The molecule has 3 aromatic rings. The smallest absolute Gasteiger partial charge is 0.261 e. The molecule has 2 bridgehead atoms. The van der Waals surface area contributed by atoms with Crippen LogP contribution in [0.4, 0.5) is 0 Å². The second-order valence-corrected chi connectivity index (χ2v) is 3.15. The number of H-pyrrole nitrogens is 1. The number of aromatic nitrogens is 1. The SMILES string of the molecule is O=C1NC(=O)c2c1c1ccc2c(=O)[nH]1. The van der Waals surface area contributed by atoms with Gasteiger partial charge >= 0.3 is 0 Å². The number of rotatable bonds is 0. The minimum absolute atomic E-state index is 0.205. The van der Waals surface area contributed by atoms with Gasteiger partial charge in [0, 0.05) is 0 Å². The van der Waals surface area contributed by atoms with Crippen LogP contribution in [0.3, 0.4) is 0 Å². The molecule has 2 N–H and O–H groups in total. The molecule has 0 saturated carbocycles. The van der Waals surface area contributed by atoms with Crippen molar-refractivity contribution in [2.75, 3.05) is 0 Å². The number of carbonyl (C=O) groups is 2. The lowest BCUT2D eigenvalue weighted by molar-refractivity contribution is 0.0880. The Morgan fingerprint density at radius 1 is 0.929 bits per heavy atom. The van der Waals surface area contributed by atoms with Crippen LogP contribution in [0, 0.1) is 0 Å². The fraction of sp³-hybridized carbons (Fsp3) is 0. The highest BCUT2D eigenvalue weighted by atomic mass is 16.2. The van der Waals surface area contributed by atoms with E-state index in [-0.39, 0.29) is 22.1 Å². The molecule has 1 aromatic carbocycles. The second kappa shape index (κ2) is 2.01. The maximum absolute atomic E-state index is 11.3. The molecule has 3 heterocycles. The van der Waals surface area contributed by atoms with E-state index in [0.717, 1.165) is 0 Å². The highest BCUT2D eigenvalue weighted by molar-refractivity contribution is 6.27. The fourth-order valence-electron chi connectivity index (χ4n) is 1.79. The maximum atomic E-state index is 11.3. The van der Waals surface area contributed by atoms with Crippen molar-refractivity contribution >= 4 is 22.7 Å². The van der Waals surface area contributed by atoms with Crippen LogP contribution < -0.4 is 10.9 Å². The first-order valence-electron chi connectivity index (χ1n) is 4.02. The first kappa shape index (κ1) is 7.25. The van der Waals surface area contributed by atoms with Crippen LogP contribution in [0.2, 0.25) is 0 Å². The van der Waals surface area contributed by atoms with Gasteiger partial charge in [-0.2, -0.15) is 0 Å².